The van der Waals surface area contributed by atoms with Crippen LogP contribution in [0.5, 0.6) is 0 Å². The van der Waals surface area contributed by atoms with Crippen molar-refractivity contribution in [2.45, 2.75) is 0 Å². The lowest BCUT2D eigenvalue weighted by Crippen LogP contribution is -2.32. The van der Waals surface area contributed by atoms with E-state index in [1.54, 1.807) is 0 Å². The van der Waals surface area contributed by atoms with Gasteiger partial charge in [-0.1, -0.05) is 0 Å². The molecule has 0 aliphatic rings. The topological polar surface area (TPSA) is 70.6 Å². The third-order valence-corrected chi connectivity index (χ3v) is 0.610. The molecule has 2 amide bonds. The van der Waals surface area contributed by atoms with Gasteiger partial charge < -0.3 is 10.6 Å². The second kappa shape index (κ2) is 4.80. The van der Waals surface area contributed by atoms with E-state index in [-0.39, 0.29) is 12.7 Å². The number of hydrogen-bond donors (Lipinski definition) is 2. The molecule has 0 aromatic heterocycles. The first-order valence-corrected chi connectivity index (χ1v) is 2.30. The van der Waals surface area contributed by atoms with Crippen LogP contribution < -0.4 is 10.6 Å². The van der Waals surface area contributed by atoms with Crippen molar-refractivity contribution in [2.75, 3.05) is 13.7 Å². The highest BCUT2D eigenvalue weighted by molar-refractivity contribution is 5.73. The van der Waals surface area contributed by atoms with Crippen molar-refractivity contribution in [3.63, 3.8) is 0 Å². The molecule has 9 heavy (non-hydrogen) atoms. The molecule has 0 aromatic rings. The van der Waals surface area contributed by atoms with Crippen molar-refractivity contribution in [3.05, 3.63) is 0 Å². The maximum atomic E-state index is 10.3. The predicted molar refractivity (Wildman–Crippen MR) is 30.6 cm³/mol. The summed E-state index contributed by atoms with van der Waals surface area (Å²) in [5, 5.41) is 4.54. The number of aliphatic imine (C=N–C) groups is 1. The molecule has 0 saturated heterocycles. The summed E-state index contributed by atoms with van der Waals surface area (Å²) in [5.41, 5.74) is 0. The van der Waals surface area contributed by atoms with E-state index in [4.69, 9.17) is 0 Å². The van der Waals surface area contributed by atoms with Crippen LogP contribution in [0.15, 0.2) is 4.99 Å². The fourth-order valence-electron chi connectivity index (χ4n) is 0.232. The molecule has 2 N–H and O–H groups in total. The lowest BCUT2D eigenvalue weighted by atomic mass is 10.9. The zero-order valence-corrected chi connectivity index (χ0v) is 4.97. The minimum absolute atomic E-state index is 0.0246. The van der Waals surface area contributed by atoms with Crippen LogP contribution in [0.25, 0.3) is 0 Å². The van der Waals surface area contributed by atoms with Crippen LogP contribution in [0, 0.1) is 0 Å². The van der Waals surface area contributed by atoms with Gasteiger partial charge in [-0.2, -0.15) is 4.99 Å². The third kappa shape index (κ3) is 4.50. The maximum absolute atomic E-state index is 10.3. The van der Waals surface area contributed by atoms with Crippen LogP contribution in [0.2, 0.25) is 0 Å². The number of amides is 2. The molecule has 0 radical (unpaired) electrons. The van der Waals surface area contributed by atoms with E-state index in [9.17, 15) is 9.59 Å². The molecule has 0 atom stereocenters. The molecule has 0 unspecified atom stereocenters. The Kier molecular flexibility index (Phi) is 4.08. The Hall–Kier alpha value is -1.35. The number of isocyanates is 1. The fourth-order valence-corrected chi connectivity index (χ4v) is 0.232. The largest absolute Gasteiger partial charge is 0.341 e. The minimum Gasteiger partial charge on any atom is -0.341 e. The molecule has 0 aromatic carbocycles. The molecule has 50 valence electrons. The Labute approximate surface area is 52.2 Å². The third-order valence-electron chi connectivity index (χ3n) is 0.610. The Morgan fingerprint density at radius 1 is 1.78 bits per heavy atom. The quantitative estimate of drug-likeness (QED) is 0.379. The van der Waals surface area contributed by atoms with Crippen LogP contribution in [0.1, 0.15) is 0 Å². The summed E-state index contributed by atoms with van der Waals surface area (Å²) in [6.07, 6.45) is 1.28. The first kappa shape index (κ1) is 7.65. The van der Waals surface area contributed by atoms with E-state index in [1.165, 1.54) is 13.1 Å². The summed E-state index contributed by atoms with van der Waals surface area (Å²) in [6.45, 7) is -0.0246. The Morgan fingerprint density at radius 3 is 2.89 bits per heavy atom. The summed E-state index contributed by atoms with van der Waals surface area (Å²) < 4.78 is 0. The SMILES string of the molecule is CNC(=O)NCN=C=O. The number of urea groups is 1. The number of nitrogens with zero attached hydrogens (tertiary/aromatic N) is 1. The van der Waals surface area contributed by atoms with Crippen LogP contribution >= 0.6 is 0 Å². The van der Waals surface area contributed by atoms with Crippen LogP contribution in [-0.2, 0) is 4.79 Å². The van der Waals surface area contributed by atoms with E-state index < -0.39 is 0 Å². The molecule has 0 bridgehead atoms. The van der Waals surface area contributed by atoms with E-state index >= 15 is 0 Å². The smallest absolute Gasteiger partial charge is 0.316 e. The zero-order valence-electron chi connectivity index (χ0n) is 4.97. The first-order valence-electron chi connectivity index (χ1n) is 2.30. The van der Waals surface area contributed by atoms with Gasteiger partial charge >= 0.3 is 6.03 Å². The molecule has 5 nitrogen and oxygen atoms in total. The standard InChI is InChI=1S/C4H7N3O2/c1-5-4(9)7-2-6-3-8/h2H2,1H3,(H2,5,7,9). The second-order valence-corrected chi connectivity index (χ2v) is 1.16. The van der Waals surface area contributed by atoms with Gasteiger partial charge in [-0.05, 0) is 0 Å². The van der Waals surface area contributed by atoms with Crippen molar-refractivity contribution >= 4 is 12.1 Å². The van der Waals surface area contributed by atoms with Gasteiger partial charge in [0.05, 0.1) is 0 Å². The lowest BCUT2D eigenvalue weighted by molar-refractivity contribution is 0.243. The fraction of sp³-hybridized carbons (Fsp3) is 0.500. The summed E-state index contributed by atoms with van der Waals surface area (Å²) in [4.78, 5) is 22.8. The summed E-state index contributed by atoms with van der Waals surface area (Å²) in [7, 11) is 1.47. The average molecular weight is 129 g/mol. The van der Waals surface area contributed by atoms with Crippen LogP contribution in [-0.4, -0.2) is 25.8 Å². The highest BCUT2D eigenvalue weighted by Gasteiger charge is 1.89. The van der Waals surface area contributed by atoms with Gasteiger partial charge in [0.1, 0.15) is 6.67 Å². The monoisotopic (exact) mass is 129 g/mol. The van der Waals surface area contributed by atoms with Gasteiger partial charge in [0.15, 0.2) is 0 Å². The second-order valence-electron chi connectivity index (χ2n) is 1.16. The van der Waals surface area contributed by atoms with Gasteiger partial charge in [0.25, 0.3) is 0 Å². The Morgan fingerprint density at radius 2 is 2.44 bits per heavy atom. The average Bonchev–Trinajstić information content (AvgIpc) is 1.89. The number of rotatable bonds is 2. The summed E-state index contributed by atoms with van der Waals surface area (Å²) >= 11 is 0. The normalized spacial score (nSPS) is 7.22. The highest BCUT2D eigenvalue weighted by Crippen LogP contribution is 1.60. The molecule has 0 heterocycles. The van der Waals surface area contributed by atoms with Gasteiger partial charge in [-0.15, -0.1) is 0 Å². The van der Waals surface area contributed by atoms with Crippen molar-refractivity contribution in [3.8, 4) is 0 Å². The minimum atomic E-state index is -0.367. The summed E-state index contributed by atoms with van der Waals surface area (Å²) in [6, 6.07) is -0.367. The number of carbonyl (C=O) groups excluding carboxylic acids is 2. The van der Waals surface area contributed by atoms with E-state index in [0.717, 1.165) is 0 Å². The molecule has 0 spiro atoms. The zero-order chi connectivity index (χ0) is 7.11. The van der Waals surface area contributed by atoms with E-state index in [0.29, 0.717) is 0 Å². The molecule has 0 aliphatic carbocycles. The van der Waals surface area contributed by atoms with E-state index in [2.05, 4.69) is 15.6 Å². The highest BCUT2D eigenvalue weighted by atomic mass is 16.2. The number of carbonyl (C=O) groups is 1. The van der Waals surface area contributed by atoms with Gasteiger partial charge in [-0.3, -0.25) is 0 Å². The Balaban J connectivity index is 3.27. The molecular formula is C4H7N3O2. The summed E-state index contributed by atoms with van der Waals surface area (Å²) in [5.74, 6) is 0. The molecular weight excluding hydrogens is 122 g/mol. The van der Waals surface area contributed by atoms with Gasteiger partial charge in [-0.25, -0.2) is 9.59 Å². The first-order chi connectivity index (χ1) is 4.31. The van der Waals surface area contributed by atoms with Crippen molar-refractivity contribution in [1.29, 1.82) is 0 Å². The van der Waals surface area contributed by atoms with Crippen molar-refractivity contribution in [2.24, 2.45) is 4.99 Å². The lowest BCUT2D eigenvalue weighted by Gasteiger charge is -1.95. The van der Waals surface area contributed by atoms with Crippen molar-refractivity contribution < 1.29 is 9.59 Å². The Bertz CT molecular complexity index is 139. The molecule has 0 fully saturated rings. The molecule has 0 saturated carbocycles. The number of nitrogens with one attached hydrogen (secondary N) is 2. The van der Waals surface area contributed by atoms with Gasteiger partial charge in [0.2, 0.25) is 6.08 Å². The molecule has 0 rings (SSSR count). The van der Waals surface area contributed by atoms with Crippen molar-refractivity contribution in [1.82, 2.24) is 10.6 Å². The molecule has 5 heteroatoms. The molecule has 0 aliphatic heterocycles. The van der Waals surface area contributed by atoms with Gasteiger partial charge in [0, 0.05) is 7.05 Å². The maximum Gasteiger partial charge on any atom is 0.316 e. The van der Waals surface area contributed by atoms with E-state index in [1.807, 2.05) is 0 Å². The van der Waals surface area contributed by atoms with Crippen LogP contribution in [0.4, 0.5) is 4.79 Å². The number of hydrogen-bond acceptors (Lipinski definition) is 3. The predicted octanol–water partition coefficient (Wildman–Crippen LogP) is -0.791. The van der Waals surface area contributed by atoms with Crippen LogP contribution in [0.3, 0.4) is 0 Å².